The minimum absolute atomic E-state index is 0.103. The first-order chi connectivity index (χ1) is 9.56. The minimum Gasteiger partial charge on any atom is -0.493 e. The molecule has 0 aliphatic carbocycles. The molecule has 0 N–H and O–H groups in total. The van der Waals surface area contributed by atoms with Crippen LogP contribution in [0.5, 0.6) is 5.75 Å². The van der Waals surface area contributed by atoms with Crippen molar-refractivity contribution in [3.8, 4) is 5.75 Å². The maximum absolute atomic E-state index is 13.3. The van der Waals surface area contributed by atoms with E-state index in [-0.39, 0.29) is 9.85 Å². The number of hydrogen-bond acceptors (Lipinski definition) is 1. The number of halogens is 4. The highest BCUT2D eigenvalue weighted by molar-refractivity contribution is 9.09. The van der Waals surface area contributed by atoms with Gasteiger partial charge in [0, 0.05) is 17.0 Å². The summed E-state index contributed by atoms with van der Waals surface area (Å²) in [6.07, 6.45) is 0.854. The van der Waals surface area contributed by atoms with Gasteiger partial charge >= 0.3 is 0 Å². The zero-order valence-electron chi connectivity index (χ0n) is 10.3. The molecule has 5 heteroatoms. The first kappa shape index (κ1) is 14.2. The van der Waals surface area contributed by atoms with Crippen LogP contribution < -0.4 is 4.74 Å². The molecule has 3 rings (SSSR count). The first-order valence-corrected chi connectivity index (χ1v) is 7.77. The van der Waals surface area contributed by atoms with Crippen molar-refractivity contribution in [1.82, 2.24) is 0 Å². The van der Waals surface area contributed by atoms with Crippen LogP contribution in [0.25, 0.3) is 0 Å². The maximum Gasteiger partial charge on any atom is 0.141 e. The Bertz CT molecular complexity index is 675. The Morgan fingerprint density at radius 1 is 1.20 bits per heavy atom. The minimum atomic E-state index is -0.428. The van der Waals surface area contributed by atoms with E-state index < -0.39 is 5.82 Å². The molecule has 0 amide bonds. The van der Waals surface area contributed by atoms with Crippen LogP contribution in [0, 0.1) is 5.82 Å². The molecule has 0 aromatic heterocycles. The zero-order chi connectivity index (χ0) is 14.3. The van der Waals surface area contributed by atoms with E-state index in [0.717, 1.165) is 28.9 Å². The van der Waals surface area contributed by atoms with Gasteiger partial charge in [0.15, 0.2) is 0 Å². The summed E-state index contributed by atoms with van der Waals surface area (Å²) in [6, 6.07) is 8.45. The van der Waals surface area contributed by atoms with E-state index in [0.29, 0.717) is 11.6 Å². The average Bonchev–Trinajstić information content (AvgIpc) is 2.88. The van der Waals surface area contributed by atoms with Gasteiger partial charge in [-0.15, -0.1) is 0 Å². The number of ether oxygens (including phenoxy) is 1. The highest BCUT2D eigenvalue weighted by Gasteiger charge is 2.23. The molecule has 2 aromatic carbocycles. The summed E-state index contributed by atoms with van der Waals surface area (Å²) in [7, 11) is 0. The summed E-state index contributed by atoms with van der Waals surface area (Å²) in [4.78, 5) is -0.147. The lowest BCUT2D eigenvalue weighted by molar-refractivity contribution is 0.354. The molecule has 104 valence electrons. The molecule has 0 radical (unpaired) electrons. The van der Waals surface area contributed by atoms with E-state index in [1.807, 2.05) is 12.1 Å². The molecule has 1 aliphatic rings. The zero-order valence-corrected chi connectivity index (χ0v) is 13.4. The molecule has 0 saturated heterocycles. The predicted octanol–water partition coefficient (Wildman–Crippen LogP) is 5.55. The van der Waals surface area contributed by atoms with Crippen molar-refractivity contribution < 1.29 is 9.13 Å². The first-order valence-electron chi connectivity index (χ1n) is 6.10. The van der Waals surface area contributed by atoms with Crippen molar-refractivity contribution in [2.45, 2.75) is 11.2 Å². The van der Waals surface area contributed by atoms with E-state index in [9.17, 15) is 4.39 Å². The Balaban J connectivity index is 2.06. The topological polar surface area (TPSA) is 9.23 Å². The van der Waals surface area contributed by atoms with Gasteiger partial charge in [0.2, 0.25) is 0 Å². The highest BCUT2D eigenvalue weighted by atomic mass is 79.9. The van der Waals surface area contributed by atoms with Gasteiger partial charge in [-0.1, -0.05) is 45.2 Å². The third-order valence-corrected chi connectivity index (χ3v) is 4.82. The van der Waals surface area contributed by atoms with Gasteiger partial charge in [0.05, 0.1) is 16.5 Å². The van der Waals surface area contributed by atoms with E-state index >= 15 is 0 Å². The fourth-order valence-corrected chi connectivity index (χ4v) is 3.40. The van der Waals surface area contributed by atoms with Gasteiger partial charge < -0.3 is 4.74 Å². The Kier molecular flexibility index (Phi) is 3.93. The smallest absolute Gasteiger partial charge is 0.141 e. The van der Waals surface area contributed by atoms with Gasteiger partial charge in [-0.3, -0.25) is 0 Å². The number of rotatable bonds is 2. The van der Waals surface area contributed by atoms with Crippen LogP contribution in [0.15, 0.2) is 30.3 Å². The second-order valence-electron chi connectivity index (χ2n) is 4.62. The number of fused-ring (bicyclic) bond motifs is 1. The quantitative estimate of drug-likeness (QED) is 0.625. The van der Waals surface area contributed by atoms with Crippen molar-refractivity contribution >= 4 is 39.1 Å². The van der Waals surface area contributed by atoms with Gasteiger partial charge in [-0.25, -0.2) is 4.39 Å². The summed E-state index contributed by atoms with van der Waals surface area (Å²) < 4.78 is 18.9. The van der Waals surface area contributed by atoms with Crippen molar-refractivity contribution in [1.29, 1.82) is 0 Å². The molecule has 0 bridgehead atoms. The fourth-order valence-electron chi connectivity index (χ4n) is 2.34. The van der Waals surface area contributed by atoms with E-state index in [1.165, 1.54) is 6.07 Å². The van der Waals surface area contributed by atoms with Crippen LogP contribution in [0.2, 0.25) is 10.0 Å². The number of hydrogen-bond donors (Lipinski definition) is 0. The number of benzene rings is 2. The molecule has 1 atom stereocenters. The third kappa shape index (κ3) is 2.54. The molecular weight excluding hydrogens is 366 g/mol. The van der Waals surface area contributed by atoms with Crippen LogP contribution in [0.3, 0.4) is 0 Å². The molecule has 1 nitrogen and oxygen atoms in total. The van der Waals surface area contributed by atoms with Crippen molar-refractivity contribution in [3.63, 3.8) is 0 Å². The van der Waals surface area contributed by atoms with Crippen LogP contribution in [0.4, 0.5) is 4.39 Å². The molecule has 20 heavy (non-hydrogen) atoms. The normalized spacial score (nSPS) is 14.8. The summed E-state index contributed by atoms with van der Waals surface area (Å²) in [6.45, 7) is 0.659. The largest absolute Gasteiger partial charge is 0.493 e. The fraction of sp³-hybridized carbons (Fsp3) is 0.200. The van der Waals surface area contributed by atoms with E-state index in [2.05, 4.69) is 15.9 Å². The van der Waals surface area contributed by atoms with Gasteiger partial charge in [-0.05, 0) is 35.4 Å². The van der Waals surface area contributed by atoms with Crippen LogP contribution in [-0.2, 0) is 6.42 Å². The summed E-state index contributed by atoms with van der Waals surface area (Å²) in [5.74, 6) is 0.430. The Labute approximate surface area is 134 Å². The van der Waals surface area contributed by atoms with E-state index in [1.54, 1.807) is 12.1 Å². The van der Waals surface area contributed by atoms with Crippen LogP contribution >= 0.6 is 39.1 Å². The van der Waals surface area contributed by atoms with Crippen LogP contribution in [0.1, 0.15) is 21.5 Å². The molecule has 1 unspecified atom stereocenters. The molecule has 0 spiro atoms. The van der Waals surface area contributed by atoms with Gasteiger partial charge in [0.1, 0.15) is 11.6 Å². The Morgan fingerprint density at radius 3 is 2.75 bits per heavy atom. The van der Waals surface area contributed by atoms with Gasteiger partial charge in [-0.2, -0.15) is 0 Å². The monoisotopic (exact) mass is 374 g/mol. The average molecular weight is 376 g/mol. The van der Waals surface area contributed by atoms with Crippen molar-refractivity contribution in [3.05, 3.63) is 62.9 Å². The molecule has 0 fully saturated rings. The SMILES string of the molecule is Fc1ccc(C(Br)c2cc(Cl)cc3c2OCC3)cc1Cl. The highest BCUT2D eigenvalue weighted by Crippen LogP contribution is 2.42. The lowest BCUT2D eigenvalue weighted by atomic mass is 10.0. The standard InChI is InChI=1S/C15H10BrCl2FO/c16-14(8-1-2-13(19)12(18)6-8)11-7-10(17)5-9-3-4-20-15(9)11/h1-2,5-7,14H,3-4H2. The molecule has 1 heterocycles. The predicted molar refractivity (Wildman–Crippen MR) is 82.8 cm³/mol. The maximum atomic E-state index is 13.3. The second kappa shape index (κ2) is 5.55. The molecule has 0 saturated carbocycles. The molecular formula is C15H10BrCl2FO. The summed E-state index contributed by atoms with van der Waals surface area (Å²) in [5, 5.41) is 0.772. The van der Waals surface area contributed by atoms with Crippen molar-refractivity contribution in [2.75, 3.05) is 6.61 Å². The number of alkyl halides is 1. The lowest BCUT2D eigenvalue weighted by Crippen LogP contribution is -1.97. The second-order valence-corrected chi connectivity index (χ2v) is 6.38. The lowest BCUT2D eigenvalue weighted by Gasteiger charge is -2.15. The Hall–Kier alpha value is -0.770. The molecule has 2 aromatic rings. The summed E-state index contributed by atoms with van der Waals surface area (Å²) >= 11 is 15.6. The molecule has 1 aliphatic heterocycles. The Morgan fingerprint density at radius 2 is 2.00 bits per heavy atom. The van der Waals surface area contributed by atoms with Crippen LogP contribution in [-0.4, -0.2) is 6.61 Å². The third-order valence-electron chi connectivity index (χ3n) is 3.29. The summed E-state index contributed by atoms with van der Waals surface area (Å²) in [5.41, 5.74) is 2.90. The van der Waals surface area contributed by atoms with Crippen molar-refractivity contribution in [2.24, 2.45) is 0 Å². The van der Waals surface area contributed by atoms with Gasteiger partial charge in [0.25, 0.3) is 0 Å². The van der Waals surface area contributed by atoms with E-state index in [4.69, 9.17) is 27.9 Å².